The summed E-state index contributed by atoms with van der Waals surface area (Å²) in [5, 5.41) is 2.78. The van der Waals surface area contributed by atoms with Crippen LogP contribution in [0.1, 0.15) is 43.2 Å². The van der Waals surface area contributed by atoms with Gasteiger partial charge in [-0.05, 0) is 68.3 Å². The van der Waals surface area contributed by atoms with Crippen LogP contribution in [0.15, 0.2) is 60.7 Å². The fourth-order valence-electron chi connectivity index (χ4n) is 4.99. The lowest BCUT2D eigenvalue weighted by Gasteiger charge is -2.40. The molecule has 0 radical (unpaired) electrons. The van der Waals surface area contributed by atoms with Crippen LogP contribution in [-0.2, 0) is 16.0 Å². The minimum atomic E-state index is -0.457. The number of carbonyl (C=O) groups excluding carboxylic acids is 2. The molecular formula is C27H35N3O2. The number of amides is 2. The summed E-state index contributed by atoms with van der Waals surface area (Å²) in [5.41, 5.74) is 2.61. The van der Waals surface area contributed by atoms with Crippen molar-refractivity contribution < 1.29 is 9.59 Å². The van der Waals surface area contributed by atoms with Crippen LogP contribution in [0, 0.1) is 5.92 Å². The van der Waals surface area contributed by atoms with E-state index in [2.05, 4.69) is 59.6 Å². The Morgan fingerprint density at radius 3 is 2.31 bits per heavy atom. The van der Waals surface area contributed by atoms with Gasteiger partial charge in [-0.2, -0.15) is 0 Å². The summed E-state index contributed by atoms with van der Waals surface area (Å²) in [6, 6.07) is 21.0. The smallest absolute Gasteiger partial charge is 0.312 e. The van der Waals surface area contributed by atoms with Gasteiger partial charge in [0.1, 0.15) is 0 Å². The summed E-state index contributed by atoms with van der Waals surface area (Å²) in [4.78, 5) is 29.1. The highest BCUT2D eigenvalue weighted by molar-refractivity contribution is 6.35. The molecule has 2 atom stereocenters. The van der Waals surface area contributed by atoms with Gasteiger partial charge in [0.05, 0.1) is 6.04 Å². The van der Waals surface area contributed by atoms with Crippen molar-refractivity contribution in [1.29, 1.82) is 0 Å². The summed E-state index contributed by atoms with van der Waals surface area (Å²) < 4.78 is 0. The highest BCUT2D eigenvalue weighted by atomic mass is 16.2. The quantitative estimate of drug-likeness (QED) is 0.649. The minimum absolute atomic E-state index is 0.0346. The lowest BCUT2D eigenvalue weighted by Crippen LogP contribution is -2.60. The summed E-state index contributed by atoms with van der Waals surface area (Å²) in [7, 11) is 0. The van der Waals surface area contributed by atoms with E-state index in [1.807, 2.05) is 23.1 Å². The molecule has 2 fully saturated rings. The Morgan fingerprint density at radius 1 is 0.969 bits per heavy atom. The first-order chi connectivity index (χ1) is 15.6. The number of nitrogens with one attached hydrogen (secondary N) is 1. The third-order valence-corrected chi connectivity index (χ3v) is 7.12. The number of carbonyl (C=O) groups is 2. The third-order valence-electron chi connectivity index (χ3n) is 7.12. The SMILES string of the molecule is CC(CCN1CCC(CN2C(=O)C(=O)NC[C@@H]2Cc2ccccc2)CC1)c1ccccc1. The van der Waals surface area contributed by atoms with E-state index in [0.29, 0.717) is 24.9 Å². The average molecular weight is 434 g/mol. The van der Waals surface area contributed by atoms with Gasteiger partial charge in [-0.15, -0.1) is 0 Å². The number of nitrogens with zero attached hydrogens (tertiary/aromatic N) is 2. The van der Waals surface area contributed by atoms with Crippen LogP contribution in [0.25, 0.3) is 0 Å². The minimum Gasteiger partial charge on any atom is -0.346 e. The van der Waals surface area contributed by atoms with Gasteiger partial charge in [0.15, 0.2) is 0 Å². The Hall–Kier alpha value is -2.66. The molecule has 5 heteroatoms. The molecule has 2 aromatic carbocycles. The van der Waals surface area contributed by atoms with E-state index >= 15 is 0 Å². The molecular weight excluding hydrogens is 398 g/mol. The van der Waals surface area contributed by atoms with Gasteiger partial charge < -0.3 is 15.1 Å². The molecule has 2 aliphatic rings. The fraction of sp³-hybridized carbons (Fsp3) is 0.481. The zero-order chi connectivity index (χ0) is 22.3. The van der Waals surface area contributed by atoms with Crippen LogP contribution in [0.3, 0.4) is 0 Å². The largest absolute Gasteiger partial charge is 0.346 e. The summed E-state index contributed by atoms with van der Waals surface area (Å²) >= 11 is 0. The second-order valence-electron chi connectivity index (χ2n) is 9.40. The zero-order valence-electron chi connectivity index (χ0n) is 19.1. The van der Waals surface area contributed by atoms with E-state index in [4.69, 9.17) is 0 Å². The molecule has 2 heterocycles. The van der Waals surface area contributed by atoms with Crippen LogP contribution < -0.4 is 5.32 Å². The lowest BCUT2D eigenvalue weighted by atomic mass is 9.93. The van der Waals surface area contributed by atoms with Crippen LogP contribution in [0.4, 0.5) is 0 Å². The second kappa shape index (κ2) is 10.8. The van der Waals surface area contributed by atoms with E-state index in [0.717, 1.165) is 38.9 Å². The monoisotopic (exact) mass is 433 g/mol. The Kier molecular flexibility index (Phi) is 7.59. The topological polar surface area (TPSA) is 52.7 Å². The molecule has 0 aliphatic carbocycles. The molecule has 1 N–H and O–H groups in total. The van der Waals surface area contributed by atoms with Crippen LogP contribution in [-0.4, -0.2) is 60.4 Å². The molecule has 2 aliphatic heterocycles. The van der Waals surface area contributed by atoms with Gasteiger partial charge >= 0.3 is 11.8 Å². The Bertz CT molecular complexity index is 878. The number of piperidine rings is 1. The molecule has 1 unspecified atom stereocenters. The van der Waals surface area contributed by atoms with Crippen molar-refractivity contribution in [2.45, 2.75) is 44.6 Å². The van der Waals surface area contributed by atoms with Crippen LogP contribution in [0.5, 0.6) is 0 Å². The maximum Gasteiger partial charge on any atom is 0.312 e. The lowest BCUT2D eigenvalue weighted by molar-refractivity contribution is -0.151. The molecule has 32 heavy (non-hydrogen) atoms. The average Bonchev–Trinajstić information content (AvgIpc) is 2.84. The summed E-state index contributed by atoms with van der Waals surface area (Å²) in [5.74, 6) is 0.209. The molecule has 2 amide bonds. The standard InChI is InChI=1S/C27H35N3O2/c1-21(24-10-6-3-7-11-24)12-15-29-16-13-23(14-17-29)20-30-25(19-28-26(31)27(30)32)18-22-8-4-2-5-9-22/h2-11,21,23,25H,12-20H2,1H3,(H,28,31)/t21?,25-/m0/s1. The molecule has 2 aromatic rings. The van der Waals surface area contributed by atoms with Crippen molar-refractivity contribution in [3.63, 3.8) is 0 Å². The van der Waals surface area contributed by atoms with Crippen LogP contribution in [0.2, 0.25) is 0 Å². The van der Waals surface area contributed by atoms with Gasteiger partial charge in [-0.1, -0.05) is 67.6 Å². The maximum absolute atomic E-state index is 12.7. The van der Waals surface area contributed by atoms with Crippen molar-refractivity contribution in [1.82, 2.24) is 15.1 Å². The van der Waals surface area contributed by atoms with Gasteiger partial charge in [0.25, 0.3) is 0 Å². The van der Waals surface area contributed by atoms with E-state index in [1.165, 1.54) is 17.5 Å². The second-order valence-corrected chi connectivity index (χ2v) is 9.40. The number of likely N-dealkylation sites (tertiary alicyclic amines) is 1. The Labute approximate surface area is 191 Å². The Balaban J connectivity index is 1.27. The van der Waals surface area contributed by atoms with Gasteiger partial charge in [0, 0.05) is 13.1 Å². The van der Waals surface area contributed by atoms with E-state index < -0.39 is 5.91 Å². The molecule has 0 aromatic heterocycles. The highest BCUT2D eigenvalue weighted by Crippen LogP contribution is 2.24. The van der Waals surface area contributed by atoms with E-state index in [9.17, 15) is 9.59 Å². The van der Waals surface area contributed by atoms with Gasteiger partial charge in [-0.25, -0.2) is 0 Å². The van der Waals surface area contributed by atoms with Crippen molar-refractivity contribution in [3.05, 3.63) is 71.8 Å². The first-order valence-corrected chi connectivity index (χ1v) is 12.0. The Morgan fingerprint density at radius 2 is 1.62 bits per heavy atom. The molecule has 170 valence electrons. The van der Waals surface area contributed by atoms with E-state index in [-0.39, 0.29) is 11.9 Å². The van der Waals surface area contributed by atoms with Crippen LogP contribution >= 0.6 is 0 Å². The zero-order valence-corrected chi connectivity index (χ0v) is 19.1. The molecule has 0 saturated carbocycles. The van der Waals surface area contributed by atoms with Crippen molar-refractivity contribution in [2.75, 3.05) is 32.7 Å². The molecule has 4 rings (SSSR count). The van der Waals surface area contributed by atoms with Gasteiger partial charge in [0.2, 0.25) is 0 Å². The summed E-state index contributed by atoms with van der Waals surface area (Å²) in [6.45, 7) is 6.80. The highest BCUT2D eigenvalue weighted by Gasteiger charge is 2.35. The number of benzene rings is 2. The molecule has 2 saturated heterocycles. The first-order valence-electron chi connectivity index (χ1n) is 12.0. The first kappa shape index (κ1) is 22.5. The summed E-state index contributed by atoms with van der Waals surface area (Å²) in [6.07, 6.45) is 4.12. The normalized spacial score (nSPS) is 21.4. The van der Waals surface area contributed by atoms with Crippen molar-refractivity contribution in [2.24, 2.45) is 5.92 Å². The molecule has 5 nitrogen and oxygen atoms in total. The predicted molar refractivity (Wildman–Crippen MR) is 127 cm³/mol. The molecule has 0 spiro atoms. The van der Waals surface area contributed by atoms with Crippen molar-refractivity contribution >= 4 is 11.8 Å². The number of hydrogen-bond acceptors (Lipinski definition) is 3. The number of rotatable bonds is 8. The van der Waals surface area contributed by atoms with E-state index in [1.54, 1.807) is 0 Å². The number of piperazine rings is 1. The maximum atomic E-state index is 12.7. The fourth-order valence-corrected chi connectivity index (χ4v) is 4.99. The molecule has 0 bridgehead atoms. The number of hydrogen-bond donors (Lipinski definition) is 1. The predicted octanol–water partition coefficient (Wildman–Crippen LogP) is 3.46. The third kappa shape index (κ3) is 5.77. The van der Waals surface area contributed by atoms with Gasteiger partial charge in [-0.3, -0.25) is 9.59 Å². The van der Waals surface area contributed by atoms with Crippen molar-refractivity contribution in [3.8, 4) is 0 Å².